The molecule has 0 spiro atoms. The topological polar surface area (TPSA) is 95.1 Å². The average Bonchev–Trinajstić information content (AvgIpc) is 3.26. The van der Waals surface area contributed by atoms with E-state index in [9.17, 15) is 4.79 Å². The van der Waals surface area contributed by atoms with Gasteiger partial charge in [0.15, 0.2) is 5.82 Å². The van der Waals surface area contributed by atoms with Crippen LogP contribution in [0.25, 0.3) is 11.4 Å². The van der Waals surface area contributed by atoms with Crippen LogP contribution < -0.4 is 15.8 Å². The Morgan fingerprint density at radius 2 is 1.85 bits per heavy atom. The van der Waals surface area contributed by atoms with Crippen LogP contribution in [-0.4, -0.2) is 20.7 Å². The lowest BCUT2D eigenvalue weighted by molar-refractivity contribution is -0.115. The molecule has 0 saturated carbocycles. The van der Waals surface area contributed by atoms with Gasteiger partial charge in [-0.3, -0.25) is 4.79 Å². The number of carbonyl (C=O) groups is 1. The highest BCUT2D eigenvalue weighted by atomic mass is 35.5. The molecular formula is C26H22ClN5O2. The standard InChI is InChI=1S/C26H22ClN5O2/c1-16-22(24(28)33)23(18-10-7-11-19(14-18)34-15-17-8-3-2-4-9-17)32-26(29-16)30-25(31-32)20-12-5-6-13-21(20)27/h2-14,23H,15H2,1H3,(H2,28,33)(H,29,30,31)/t23-/m1/s1. The van der Waals surface area contributed by atoms with Crippen LogP contribution in [0.5, 0.6) is 5.75 Å². The van der Waals surface area contributed by atoms with Gasteiger partial charge in [0.25, 0.3) is 0 Å². The van der Waals surface area contributed by atoms with Gasteiger partial charge in [-0.25, -0.2) is 4.68 Å². The first kappa shape index (κ1) is 21.7. The van der Waals surface area contributed by atoms with Crippen LogP contribution in [-0.2, 0) is 11.4 Å². The molecule has 3 N–H and O–H groups in total. The highest BCUT2D eigenvalue weighted by Crippen LogP contribution is 2.37. The van der Waals surface area contributed by atoms with Crippen LogP contribution in [0, 0.1) is 0 Å². The summed E-state index contributed by atoms with van der Waals surface area (Å²) in [4.78, 5) is 17.1. The molecule has 1 aliphatic heterocycles. The second kappa shape index (κ2) is 9.03. The maximum Gasteiger partial charge on any atom is 0.248 e. The summed E-state index contributed by atoms with van der Waals surface area (Å²) in [6, 6.07) is 24.3. The van der Waals surface area contributed by atoms with Gasteiger partial charge in [0.2, 0.25) is 11.9 Å². The molecule has 1 atom stereocenters. The van der Waals surface area contributed by atoms with E-state index < -0.39 is 11.9 Å². The fourth-order valence-corrected chi connectivity index (χ4v) is 4.27. The van der Waals surface area contributed by atoms with Crippen molar-refractivity contribution in [2.75, 3.05) is 5.32 Å². The number of nitrogens with one attached hydrogen (secondary N) is 1. The average molecular weight is 472 g/mol. The maximum absolute atomic E-state index is 12.5. The van der Waals surface area contributed by atoms with E-state index in [0.29, 0.717) is 46.0 Å². The predicted molar refractivity (Wildman–Crippen MR) is 131 cm³/mol. The number of hydrogen-bond donors (Lipinski definition) is 2. The molecule has 4 aromatic rings. The van der Waals surface area contributed by atoms with Crippen LogP contribution in [0.15, 0.2) is 90.1 Å². The van der Waals surface area contributed by atoms with Crippen LogP contribution >= 0.6 is 11.6 Å². The summed E-state index contributed by atoms with van der Waals surface area (Å²) in [5, 5.41) is 8.40. The Kier molecular flexibility index (Phi) is 5.77. The van der Waals surface area contributed by atoms with Crippen molar-refractivity contribution < 1.29 is 9.53 Å². The SMILES string of the molecule is CC1=C(C(N)=O)[C@@H](c2cccc(OCc3ccccc3)c2)n2nc(-c3ccccc3Cl)nc2N1. The maximum atomic E-state index is 12.5. The third-order valence-corrected chi connectivity index (χ3v) is 5.98. The lowest BCUT2D eigenvalue weighted by atomic mass is 9.95. The first-order chi connectivity index (χ1) is 16.5. The number of halogens is 1. The molecule has 34 heavy (non-hydrogen) atoms. The van der Waals surface area contributed by atoms with E-state index >= 15 is 0 Å². The number of ether oxygens (including phenoxy) is 1. The highest BCUT2D eigenvalue weighted by molar-refractivity contribution is 6.33. The van der Waals surface area contributed by atoms with Crippen molar-refractivity contribution in [1.29, 1.82) is 0 Å². The number of allylic oxidation sites excluding steroid dienone is 1. The Morgan fingerprint density at radius 3 is 2.62 bits per heavy atom. The lowest BCUT2D eigenvalue weighted by Crippen LogP contribution is -2.31. The van der Waals surface area contributed by atoms with Crippen LogP contribution in [0.4, 0.5) is 5.95 Å². The van der Waals surface area contributed by atoms with Crippen molar-refractivity contribution >= 4 is 23.5 Å². The Balaban J connectivity index is 1.55. The molecule has 0 bridgehead atoms. The van der Waals surface area contributed by atoms with Gasteiger partial charge >= 0.3 is 0 Å². The van der Waals surface area contributed by atoms with Crippen molar-refractivity contribution in [3.8, 4) is 17.1 Å². The van der Waals surface area contributed by atoms with E-state index in [1.807, 2.05) is 72.8 Å². The van der Waals surface area contributed by atoms with Crippen molar-refractivity contribution in [3.63, 3.8) is 0 Å². The largest absolute Gasteiger partial charge is 0.489 e. The first-order valence-corrected chi connectivity index (χ1v) is 11.1. The number of hydrogen-bond acceptors (Lipinski definition) is 5. The Morgan fingerprint density at radius 1 is 1.09 bits per heavy atom. The zero-order chi connectivity index (χ0) is 23.7. The number of aromatic nitrogens is 3. The fraction of sp³-hybridized carbons (Fsp3) is 0.115. The Hall–Kier alpha value is -4.10. The van der Waals surface area contributed by atoms with Crippen LogP contribution in [0.2, 0.25) is 5.02 Å². The van der Waals surface area contributed by atoms with Crippen molar-refractivity contribution in [2.45, 2.75) is 19.6 Å². The summed E-state index contributed by atoms with van der Waals surface area (Å²) < 4.78 is 7.68. The van der Waals surface area contributed by atoms with Gasteiger partial charge in [-0.15, -0.1) is 5.10 Å². The van der Waals surface area contributed by atoms with E-state index in [2.05, 4.69) is 10.3 Å². The van der Waals surface area contributed by atoms with Gasteiger partial charge in [0.05, 0.1) is 10.6 Å². The zero-order valence-electron chi connectivity index (χ0n) is 18.4. The molecule has 0 fully saturated rings. The highest BCUT2D eigenvalue weighted by Gasteiger charge is 2.33. The van der Waals surface area contributed by atoms with E-state index in [-0.39, 0.29) is 0 Å². The molecule has 1 aromatic heterocycles. The summed E-state index contributed by atoms with van der Waals surface area (Å²) in [6.07, 6.45) is 0. The summed E-state index contributed by atoms with van der Waals surface area (Å²) in [7, 11) is 0. The number of rotatable bonds is 6. The number of nitrogens with two attached hydrogens (primary N) is 1. The van der Waals surface area contributed by atoms with E-state index in [0.717, 1.165) is 11.1 Å². The minimum absolute atomic E-state index is 0.406. The van der Waals surface area contributed by atoms with Crippen LogP contribution in [0.3, 0.4) is 0 Å². The summed E-state index contributed by atoms with van der Waals surface area (Å²) in [5.74, 6) is 1.09. The molecule has 0 radical (unpaired) electrons. The second-order valence-corrected chi connectivity index (χ2v) is 8.37. The quantitative estimate of drug-likeness (QED) is 0.414. The molecule has 0 unspecified atom stereocenters. The minimum Gasteiger partial charge on any atom is -0.489 e. The summed E-state index contributed by atoms with van der Waals surface area (Å²) in [6.45, 7) is 2.23. The zero-order valence-corrected chi connectivity index (χ0v) is 19.2. The third kappa shape index (κ3) is 4.13. The molecule has 5 rings (SSSR count). The fourth-order valence-electron chi connectivity index (χ4n) is 4.05. The Labute approximate surface area is 201 Å². The normalized spacial score (nSPS) is 14.9. The minimum atomic E-state index is -0.572. The van der Waals surface area contributed by atoms with Gasteiger partial charge in [-0.05, 0) is 42.3 Å². The number of amides is 1. The Bertz CT molecular complexity index is 1400. The van der Waals surface area contributed by atoms with Gasteiger partial charge in [-0.2, -0.15) is 4.98 Å². The number of anilines is 1. The number of carbonyl (C=O) groups excluding carboxylic acids is 1. The van der Waals surface area contributed by atoms with E-state index in [1.54, 1.807) is 17.7 Å². The summed E-state index contributed by atoms with van der Waals surface area (Å²) >= 11 is 6.38. The molecule has 7 nitrogen and oxygen atoms in total. The van der Waals surface area contributed by atoms with Crippen molar-refractivity contribution in [3.05, 3.63) is 106 Å². The first-order valence-electron chi connectivity index (χ1n) is 10.8. The monoisotopic (exact) mass is 471 g/mol. The molecule has 1 amide bonds. The molecule has 2 heterocycles. The van der Waals surface area contributed by atoms with Crippen molar-refractivity contribution in [1.82, 2.24) is 14.8 Å². The van der Waals surface area contributed by atoms with Gasteiger partial charge in [0.1, 0.15) is 18.4 Å². The number of nitrogens with zero attached hydrogens (tertiary/aromatic N) is 3. The summed E-state index contributed by atoms with van der Waals surface area (Å²) in [5.41, 5.74) is 9.40. The third-order valence-electron chi connectivity index (χ3n) is 5.65. The van der Waals surface area contributed by atoms with Crippen molar-refractivity contribution in [2.24, 2.45) is 5.73 Å². The van der Waals surface area contributed by atoms with E-state index in [4.69, 9.17) is 27.2 Å². The van der Waals surface area contributed by atoms with Gasteiger partial charge in [-0.1, -0.05) is 66.2 Å². The number of primary amides is 1. The molecule has 3 aromatic carbocycles. The molecule has 1 aliphatic rings. The molecule has 0 aliphatic carbocycles. The van der Waals surface area contributed by atoms with Gasteiger partial charge in [0, 0.05) is 11.3 Å². The smallest absolute Gasteiger partial charge is 0.248 e. The van der Waals surface area contributed by atoms with E-state index in [1.165, 1.54) is 0 Å². The number of benzene rings is 3. The molecular weight excluding hydrogens is 450 g/mol. The van der Waals surface area contributed by atoms with Crippen LogP contribution in [0.1, 0.15) is 24.1 Å². The molecule has 8 heteroatoms. The molecule has 0 saturated heterocycles. The molecule has 170 valence electrons. The number of fused-ring (bicyclic) bond motifs is 1. The lowest BCUT2D eigenvalue weighted by Gasteiger charge is -2.27. The van der Waals surface area contributed by atoms with Gasteiger partial charge < -0.3 is 15.8 Å². The second-order valence-electron chi connectivity index (χ2n) is 7.96. The predicted octanol–water partition coefficient (Wildman–Crippen LogP) is 4.95.